The van der Waals surface area contributed by atoms with Crippen LogP contribution in [0, 0.1) is 6.92 Å². The number of likely N-dealkylation sites (N-methyl/N-ethyl adjacent to an activating group) is 1. The van der Waals surface area contributed by atoms with E-state index in [9.17, 15) is 0 Å². The second kappa shape index (κ2) is 9.62. The van der Waals surface area contributed by atoms with E-state index in [2.05, 4.69) is 53.1 Å². The highest BCUT2D eigenvalue weighted by atomic mass is 16.3. The molecule has 0 atom stereocenters. The molecule has 0 radical (unpaired) electrons. The highest BCUT2D eigenvalue weighted by molar-refractivity contribution is 5.85. The fourth-order valence-electron chi connectivity index (χ4n) is 3.66. The number of aromatic nitrogens is 3. The monoisotopic (exact) mass is 395 g/mol. The van der Waals surface area contributed by atoms with Crippen LogP contribution in [0.15, 0.2) is 36.7 Å². The zero-order chi connectivity index (χ0) is 20.8. The van der Waals surface area contributed by atoms with Crippen molar-refractivity contribution in [3.8, 4) is 11.3 Å². The van der Waals surface area contributed by atoms with Crippen LogP contribution < -0.4 is 0 Å². The van der Waals surface area contributed by atoms with Crippen LogP contribution in [0.4, 0.5) is 0 Å². The maximum absolute atomic E-state index is 8.36. The van der Waals surface area contributed by atoms with E-state index < -0.39 is 0 Å². The Balaban J connectivity index is 0.000000755. The van der Waals surface area contributed by atoms with Crippen LogP contribution in [0.25, 0.3) is 22.2 Å². The number of pyridine rings is 1. The molecule has 0 spiro atoms. The van der Waals surface area contributed by atoms with Gasteiger partial charge in [0.05, 0.1) is 17.4 Å². The fraction of sp³-hybridized carbons (Fsp3) is 0.409. The van der Waals surface area contributed by atoms with E-state index in [4.69, 9.17) is 14.9 Å². The number of piperazine rings is 1. The molecule has 4 rings (SSSR count). The highest BCUT2D eigenvalue weighted by Crippen LogP contribution is 2.25. The predicted octanol–water partition coefficient (Wildman–Crippen LogP) is 2.43. The van der Waals surface area contributed by atoms with Crippen molar-refractivity contribution in [3.63, 3.8) is 0 Å². The van der Waals surface area contributed by atoms with E-state index in [1.807, 2.05) is 24.1 Å². The number of carboxylic acid groups (broad SMARTS) is 1. The molecule has 1 saturated heterocycles. The van der Waals surface area contributed by atoms with E-state index in [1.54, 1.807) is 0 Å². The van der Waals surface area contributed by atoms with Crippen molar-refractivity contribution >= 4 is 17.4 Å². The molecule has 1 aliphatic rings. The summed E-state index contributed by atoms with van der Waals surface area (Å²) in [6.45, 7) is 7.78. The third kappa shape index (κ3) is 5.40. The molecule has 2 aromatic heterocycles. The van der Waals surface area contributed by atoms with Crippen molar-refractivity contribution in [1.29, 1.82) is 0 Å². The van der Waals surface area contributed by atoms with Crippen molar-refractivity contribution in [1.82, 2.24) is 24.6 Å². The summed E-state index contributed by atoms with van der Waals surface area (Å²) < 4.78 is 1.82. The lowest BCUT2D eigenvalue weighted by molar-refractivity contribution is -0.122. The Morgan fingerprint density at radius 1 is 1.14 bits per heavy atom. The van der Waals surface area contributed by atoms with E-state index in [1.165, 1.54) is 42.7 Å². The number of fused-ring (bicyclic) bond motifs is 1. The van der Waals surface area contributed by atoms with Crippen molar-refractivity contribution in [2.75, 3.05) is 39.8 Å². The Kier molecular flexibility index (Phi) is 6.95. The first-order valence-electron chi connectivity index (χ1n) is 9.88. The third-order valence-corrected chi connectivity index (χ3v) is 5.39. The van der Waals surface area contributed by atoms with E-state index in [0.717, 1.165) is 29.7 Å². The minimum absolute atomic E-state index is 0.250. The van der Waals surface area contributed by atoms with E-state index >= 15 is 0 Å². The zero-order valence-corrected chi connectivity index (χ0v) is 17.4. The van der Waals surface area contributed by atoms with Crippen LogP contribution >= 0.6 is 0 Å². The Morgan fingerprint density at radius 2 is 1.86 bits per heavy atom. The SMILES string of the molecule is Cc1cc(-c2cnn(C)c2)nc2ccc(CCN3CCN(C)CC3)cc12.O=CO. The van der Waals surface area contributed by atoms with Gasteiger partial charge >= 0.3 is 0 Å². The normalized spacial score (nSPS) is 15.1. The molecule has 0 saturated carbocycles. The molecule has 1 fully saturated rings. The number of carbonyl (C=O) groups is 1. The quantitative estimate of drug-likeness (QED) is 0.684. The van der Waals surface area contributed by atoms with Gasteiger partial charge in [-0.05, 0) is 49.7 Å². The first-order chi connectivity index (χ1) is 14.0. The largest absolute Gasteiger partial charge is 0.483 e. The minimum Gasteiger partial charge on any atom is -0.483 e. The molecular weight excluding hydrogens is 366 g/mol. The average molecular weight is 396 g/mol. The lowest BCUT2D eigenvalue weighted by Gasteiger charge is -2.32. The number of nitrogens with zero attached hydrogens (tertiary/aromatic N) is 5. The van der Waals surface area contributed by atoms with Gasteiger partial charge in [0.2, 0.25) is 0 Å². The molecular formula is C22H29N5O2. The lowest BCUT2D eigenvalue weighted by Crippen LogP contribution is -2.45. The Hall–Kier alpha value is -2.77. The summed E-state index contributed by atoms with van der Waals surface area (Å²) in [5.41, 5.74) is 5.79. The van der Waals surface area contributed by atoms with Gasteiger partial charge < -0.3 is 14.9 Å². The maximum Gasteiger partial charge on any atom is 0.290 e. The summed E-state index contributed by atoms with van der Waals surface area (Å²) in [6, 6.07) is 8.89. The van der Waals surface area contributed by atoms with Crippen molar-refractivity contribution in [3.05, 3.63) is 47.8 Å². The summed E-state index contributed by atoms with van der Waals surface area (Å²) in [6.07, 6.45) is 4.99. The number of hydrogen-bond acceptors (Lipinski definition) is 5. The van der Waals surface area contributed by atoms with Gasteiger partial charge in [-0.1, -0.05) is 6.07 Å². The maximum atomic E-state index is 8.36. The van der Waals surface area contributed by atoms with Gasteiger partial charge in [-0.15, -0.1) is 0 Å². The molecule has 7 heteroatoms. The lowest BCUT2D eigenvalue weighted by atomic mass is 10.0. The van der Waals surface area contributed by atoms with Crippen LogP contribution in [0.5, 0.6) is 0 Å². The van der Waals surface area contributed by atoms with E-state index in [-0.39, 0.29) is 6.47 Å². The summed E-state index contributed by atoms with van der Waals surface area (Å²) in [4.78, 5) is 18.2. The van der Waals surface area contributed by atoms with Gasteiger partial charge in [-0.3, -0.25) is 9.48 Å². The van der Waals surface area contributed by atoms with Crippen LogP contribution in [-0.4, -0.2) is 75.9 Å². The topological polar surface area (TPSA) is 74.5 Å². The van der Waals surface area contributed by atoms with Crippen LogP contribution in [0.3, 0.4) is 0 Å². The van der Waals surface area contributed by atoms with Crippen LogP contribution in [-0.2, 0) is 18.3 Å². The third-order valence-electron chi connectivity index (χ3n) is 5.39. The van der Waals surface area contributed by atoms with Crippen LogP contribution in [0.2, 0.25) is 0 Å². The minimum atomic E-state index is -0.250. The van der Waals surface area contributed by atoms with Gasteiger partial charge in [0, 0.05) is 56.9 Å². The molecule has 0 unspecified atom stereocenters. The standard InChI is InChI=1S/C21H27N5.CH2O2/c1-16-12-21(18-14-22-25(3)15-18)23-20-5-4-17(13-19(16)20)6-7-26-10-8-24(2)9-11-26;2-1-3/h4-5,12-15H,6-11H2,1-3H3;1H,(H,2,3). The van der Waals surface area contributed by atoms with Gasteiger partial charge in [0.1, 0.15) is 0 Å². The Bertz CT molecular complexity index is 961. The summed E-state index contributed by atoms with van der Waals surface area (Å²) in [5, 5.41) is 12.4. The van der Waals surface area contributed by atoms with E-state index in [0.29, 0.717) is 0 Å². The molecule has 3 aromatic rings. The number of aryl methyl sites for hydroxylation is 2. The fourth-order valence-corrected chi connectivity index (χ4v) is 3.66. The second-order valence-electron chi connectivity index (χ2n) is 7.58. The van der Waals surface area contributed by atoms with Crippen molar-refractivity contribution < 1.29 is 9.90 Å². The predicted molar refractivity (Wildman–Crippen MR) is 115 cm³/mol. The molecule has 0 aliphatic carbocycles. The second-order valence-corrected chi connectivity index (χ2v) is 7.58. The highest BCUT2D eigenvalue weighted by Gasteiger charge is 2.13. The Labute approximate surface area is 171 Å². The molecule has 1 aliphatic heterocycles. The first-order valence-corrected chi connectivity index (χ1v) is 9.88. The van der Waals surface area contributed by atoms with Crippen molar-refractivity contribution in [2.24, 2.45) is 7.05 Å². The van der Waals surface area contributed by atoms with Gasteiger partial charge in [-0.25, -0.2) is 4.98 Å². The molecule has 3 heterocycles. The molecule has 0 bridgehead atoms. The molecule has 0 amide bonds. The average Bonchev–Trinajstić information content (AvgIpc) is 3.15. The number of hydrogen-bond donors (Lipinski definition) is 1. The van der Waals surface area contributed by atoms with Gasteiger partial charge in [0.15, 0.2) is 0 Å². The molecule has 7 nitrogen and oxygen atoms in total. The van der Waals surface area contributed by atoms with Gasteiger partial charge in [0.25, 0.3) is 6.47 Å². The molecule has 29 heavy (non-hydrogen) atoms. The summed E-state index contributed by atoms with van der Waals surface area (Å²) in [5.74, 6) is 0. The number of rotatable bonds is 4. The molecule has 154 valence electrons. The first kappa shape index (κ1) is 21.0. The summed E-state index contributed by atoms with van der Waals surface area (Å²) in [7, 11) is 4.14. The Morgan fingerprint density at radius 3 is 2.52 bits per heavy atom. The molecule has 1 N–H and O–H groups in total. The van der Waals surface area contributed by atoms with Crippen LogP contribution in [0.1, 0.15) is 11.1 Å². The zero-order valence-electron chi connectivity index (χ0n) is 17.4. The molecule has 1 aromatic carbocycles. The smallest absolute Gasteiger partial charge is 0.290 e. The number of benzene rings is 1. The van der Waals surface area contributed by atoms with Crippen molar-refractivity contribution in [2.45, 2.75) is 13.3 Å². The van der Waals surface area contributed by atoms with Gasteiger partial charge in [-0.2, -0.15) is 5.10 Å². The summed E-state index contributed by atoms with van der Waals surface area (Å²) >= 11 is 0.